The molecule has 0 saturated heterocycles. The van der Waals surface area contributed by atoms with Gasteiger partial charge in [0.1, 0.15) is 18.4 Å². The van der Waals surface area contributed by atoms with Gasteiger partial charge in [-0.25, -0.2) is 4.79 Å². The second-order valence-corrected chi connectivity index (χ2v) is 12.1. The highest BCUT2D eigenvalue weighted by atomic mass is 16.6. The summed E-state index contributed by atoms with van der Waals surface area (Å²) in [5.74, 6) is -1.24. The van der Waals surface area contributed by atoms with E-state index in [0.717, 1.165) is 25.7 Å². The number of unbranched alkanes of at least 4 members (excludes halogenated alkanes) is 3. The van der Waals surface area contributed by atoms with E-state index in [1.165, 1.54) is 27.4 Å². The second kappa shape index (κ2) is 19.8. The number of Topliss-reactive ketones (excluding diaryl/α,β-unsaturated/α-hetero) is 1. The van der Waals surface area contributed by atoms with Crippen molar-refractivity contribution < 1.29 is 43.3 Å². The number of aliphatic hydroxyl groups is 1. The van der Waals surface area contributed by atoms with Crippen molar-refractivity contribution in [2.75, 3.05) is 27.9 Å². The highest BCUT2D eigenvalue weighted by molar-refractivity contribution is 6.24. The van der Waals surface area contributed by atoms with Crippen LogP contribution in [0.5, 0.6) is 0 Å². The Morgan fingerprint density at radius 3 is 2.45 bits per heavy atom. The van der Waals surface area contributed by atoms with Gasteiger partial charge in [0.2, 0.25) is 5.78 Å². The van der Waals surface area contributed by atoms with E-state index in [-0.39, 0.29) is 29.5 Å². The normalized spacial score (nSPS) is 30.4. The maximum Gasteiger partial charge on any atom is 0.405 e. The second-order valence-electron chi connectivity index (χ2n) is 12.1. The number of methoxy groups -OCH3 is 3. The van der Waals surface area contributed by atoms with Gasteiger partial charge in [0.15, 0.2) is 11.9 Å². The maximum atomic E-state index is 13.8. The predicted octanol–water partition coefficient (Wildman–Crippen LogP) is 4.79. The van der Waals surface area contributed by atoms with Gasteiger partial charge in [-0.1, -0.05) is 63.1 Å². The molecule has 2 rings (SSSR count). The molecule has 1 aliphatic heterocycles. The Morgan fingerprint density at radius 2 is 1.83 bits per heavy atom. The van der Waals surface area contributed by atoms with Crippen LogP contribution in [0.3, 0.4) is 0 Å². The summed E-state index contributed by atoms with van der Waals surface area (Å²) in [4.78, 5) is 44.5. The van der Waals surface area contributed by atoms with E-state index >= 15 is 0 Å². The third kappa shape index (κ3) is 11.8. The van der Waals surface area contributed by atoms with Gasteiger partial charge in [-0.05, 0) is 57.1 Å². The topological polar surface area (TPSA) is 168 Å². The predicted molar refractivity (Wildman–Crippen MR) is 179 cm³/mol. The van der Waals surface area contributed by atoms with Crippen LogP contribution in [0.4, 0.5) is 4.79 Å². The van der Waals surface area contributed by atoms with Crippen molar-refractivity contribution in [3.63, 3.8) is 0 Å². The molecule has 4 N–H and O–H groups in total. The first-order valence-corrected chi connectivity index (χ1v) is 16.2. The first kappa shape index (κ1) is 39.4. The van der Waals surface area contributed by atoms with Gasteiger partial charge in [-0.15, -0.1) is 0 Å². The summed E-state index contributed by atoms with van der Waals surface area (Å²) in [6.07, 6.45) is 8.47. The van der Waals surface area contributed by atoms with Crippen LogP contribution in [-0.2, 0) is 33.4 Å². The summed E-state index contributed by atoms with van der Waals surface area (Å²) in [7, 11) is 4.43. The molecule has 0 aromatic carbocycles. The number of nitrogens with two attached hydrogens (primary N) is 1. The molecule has 0 spiro atoms. The van der Waals surface area contributed by atoms with Gasteiger partial charge >= 0.3 is 6.09 Å². The van der Waals surface area contributed by atoms with Gasteiger partial charge in [-0.2, -0.15) is 0 Å². The van der Waals surface area contributed by atoms with Crippen LogP contribution in [-0.4, -0.2) is 81.0 Å². The Labute approximate surface area is 278 Å². The molecule has 0 unspecified atom stereocenters. The molecule has 0 aromatic rings. The molecule has 262 valence electrons. The van der Waals surface area contributed by atoms with Gasteiger partial charge in [0, 0.05) is 31.3 Å². The fourth-order valence-corrected chi connectivity index (χ4v) is 5.57. The molecule has 12 nitrogen and oxygen atoms in total. The lowest BCUT2D eigenvalue weighted by molar-refractivity contribution is -0.119. The first-order valence-electron chi connectivity index (χ1n) is 16.2. The zero-order valence-electron chi connectivity index (χ0n) is 29.0. The van der Waals surface area contributed by atoms with Crippen molar-refractivity contribution in [1.29, 1.82) is 0 Å². The summed E-state index contributed by atoms with van der Waals surface area (Å²) < 4.78 is 22.4. The molecule has 2 bridgehead atoms. The van der Waals surface area contributed by atoms with E-state index in [1.54, 1.807) is 38.2 Å². The van der Waals surface area contributed by atoms with Crippen molar-refractivity contribution in [2.45, 2.75) is 97.6 Å². The molecular formula is C35H53N3O9. The molecular weight excluding hydrogens is 606 g/mol. The number of carbonyl (C=O) groups is 3. The Bertz CT molecular complexity index is 1280. The Hall–Kier alpha value is -3.74. The minimum Gasteiger partial charge on any atom is -0.494 e. The molecule has 0 fully saturated rings. The molecule has 0 radical (unpaired) electrons. The molecule has 1 heterocycles. The van der Waals surface area contributed by atoms with Crippen LogP contribution in [0.1, 0.15) is 73.1 Å². The standard InChI is InChI=1S/C35H53N3O9/c1-9-10-11-12-16-46-38-27-20-26-31(40)25(33(27)45-8)17-21(2)18-29(44-7)30(39)23(4)19-24(5)32(47-35(36)42)28(43-6)15-13-14-22(3)34(41)37-26/h13-15,19-21,23,28-30,32,39H,9-12,16-18H2,1-8H3,(H2,36,42)(H,37,41)/b15-13-,22-14+,24-19+,38-27-/t21-,23+,28+,29+,30-,32+/m1/s1. The van der Waals surface area contributed by atoms with E-state index in [0.29, 0.717) is 29.7 Å². The fraction of sp³-hybridized carbons (Fsp3) is 0.600. The van der Waals surface area contributed by atoms with Crippen LogP contribution in [0.2, 0.25) is 0 Å². The summed E-state index contributed by atoms with van der Waals surface area (Å²) in [6.45, 7) is 9.65. The molecule has 0 saturated carbocycles. The van der Waals surface area contributed by atoms with E-state index in [4.69, 9.17) is 29.5 Å². The number of oxime groups is 1. The van der Waals surface area contributed by atoms with Crippen LogP contribution in [0, 0.1) is 11.8 Å². The third-order valence-electron chi connectivity index (χ3n) is 8.21. The van der Waals surface area contributed by atoms with Crippen LogP contribution in [0.15, 0.2) is 63.7 Å². The summed E-state index contributed by atoms with van der Waals surface area (Å²) >= 11 is 0. The minimum atomic E-state index is -0.988. The van der Waals surface area contributed by atoms with E-state index in [9.17, 15) is 19.5 Å². The van der Waals surface area contributed by atoms with Crippen LogP contribution < -0.4 is 11.1 Å². The number of nitrogens with one attached hydrogen (secondary N) is 1. The largest absolute Gasteiger partial charge is 0.494 e. The maximum absolute atomic E-state index is 13.8. The Kier molecular flexibility index (Phi) is 16.6. The molecule has 12 heteroatoms. The lowest BCUT2D eigenvalue weighted by Crippen LogP contribution is -2.37. The number of carbonyl (C=O) groups excluding carboxylic acids is 3. The number of fused-ring (bicyclic) bond motifs is 2. The Morgan fingerprint density at radius 1 is 1.11 bits per heavy atom. The quantitative estimate of drug-likeness (QED) is 0.129. The molecule has 47 heavy (non-hydrogen) atoms. The molecule has 6 atom stereocenters. The number of nitrogens with zero attached hydrogens (tertiary/aromatic N) is 1. The van der Waals surface area contributed by atoms with E-state index < -0.39 is 48.1 Å². The van der Waals surface area contributed by atoms with Gasteiger partial charge in [0.25, 0.3) is 5.91 Å². The number of allylic oxidation sites excluding steroid dienone is 4. The highest BCUT2D eigenvalue weighted by Gasteiger charge is 2.33. The van der Waals surface area contributed by atoms with Crippen molar-refractivity contribution in [1.82, 2.24) is 5.32 Å². The summed E-state index contributed by atoms with van der Waals surface area (Å²) in [6, 6.07) is 0. The number of ether oxygens (including phenoxy) is 4. The number of hydrogen-bond donors (Lipinski definition) is 3. The zero-order chi connectivity index (χ0) is 35.1. The molecule has 1 aliphatic carbocycles. The average Bonchev–Trinajstić information content (AvgIpc) is 3.03. The lowest BCUT2D eigenvalue weighted by atomic mass is 9.85. The number of hydrogen-bond acceptors (Lipinski definition) is 10. The average molecular weight is 660 g/mol. The van der Waals surface area contributed by atoms with Crippen LogP contribution in [0.25, 0.3) is 0 Å². The monoisotopic (exact) mass is 659 g/mol. The fourth-order valence-electron chi connectivity index (χ4n) is 5.57. The number of rotatable bonds is 10. The van der Waals surface area contributed by atoms with Gasteiger partial charge in [-0.3, -0.25) is 9.59 Å². The van der Waals surface area contributed by atoms with Crippen molar-refractivity contribution in [3.8, 4) is 0 Å². The van der Waals surface area contributed by atoms with Crippen molar-refractivity contribution in [3.05, 3.63) is 58.6 Å². The highest BCUT2D eigenvalue weighted by Crippen LogP contribution is 2.30. The van der Waals surface area contributed by atoms with Gasteiger partial charge < -0.3 is 39.9 Å². The lowest BCUT2D eigenvalue weighted by Gasteiger charge is -2.30. The molecule has 0 aromatic heterocycles. The Balaban J connectivity index is 2.62. The van der Waals surface area contributed by atoms with E-state index in [1.807, 2.05) is 13.8 Å². The smallest absolute Gasteiger partial charge is 0.405 e. The van der Waals surface area contributed by atoms with Crippen LogP contribution >= 0.6 is 0 Å². The van der Waals surface area contributed by atoms with Crippen molar-refractivity contribution >= 4 is 23.5 Å². The number of aliphatic hydroxyl groups excluding tert-OH is 1. The molecule has 2 aliphatic rings. The SMILES string of the molecule is CCCCCCO/N=C1/C=C2NC(=O)/C(C)=C/C=C\[C@H](OC)[C@@H](OC(N)=O)/C(C)=C/[C@H](C)[C@@H](O)[C@@H](OC)C[C@H](C)CC(=C1OC)C2=O. The first-order chi connectivity index (χ1) is 22.4. The summed E-state index contributed by atoms with van der Waals surface area (Å²) in [5, 5.41) is 18.4. The number of ketones is 1. The van der Waals surface area contributed by atoms with Gasteiger partial charge in [0.05, 0.1) is 25.0 Å². The number of primary amides is 1. The molecule has 2 amide bonds. The van der Waals surface area contributed by atoms with Crippen molar-refractivity contribution in [2.24, 2.45) is 22.7 Å². The summed E-state index contributed by atoms with van der Waals surface area (Å²) in [5.41, 5.74) is 6.92. The number of amides is 2. The minimum absolute atomic E-state index is 0.0300. The third-order valence-corrected chi connectivity index (χ3v) is 8.21. The zero-order valence-corrected chi connectivity index (χ0v) is 29.0. The van der Waals surface area contributed by atoms with E-state index in [2.05, 4.69) is 17.4 Å².